The van der Waals surface area contributed by atoms with Crippen molar-refractivity contribution in [3.05, 3.63) is 35.0 Å². The van der Waals surface area contributed by atoms with Crippen LogP contribution in [0.3, 0.4) is 0 Å². The lowest BCUT2D eigenvalue weighted by atomic mass is 10.2. The molecule has 0 aromatic carbocycles. The molecule has 2 aromatic rings. The van der Waals surface area contributed by atoms with Gasteiger partial charge in [-0.25, -0.2) is 9.97 Å². The van der Waals surface area contributed by atoms with Crippen LogP contribution >= 0.6 is 11.6 Å². The highest BCUT2D eigenvalue weighted by atomic mass is 35.5. The maximum absolute atomic E-state index is 8.77. The van der Waals surface area contributed by atoms with Crippen LogP contribution in [0.2, 0.25) is 5.02 Å². The van der Waals surface area contributed by atoms with E-state index < -0.39 is 0 Å². The minimum absolute atomic E-state index is 0.0610. The van der Waals surface area contributed by atoms with Crippen molar-refractivity contribution in [1.82, 2.24) is 19.7 Å². The lowest BCUT2D eigenvalue weighted by Crippen LogP contribution is -2.02. The van der Waals surface area contributed by atoms with E-state index in [4.69, 9.17) is 22.4 Å². The number of nitrogens with zero attached hydrogens (tertiary/aromatic N) is 4. The zero-order valence-electron chi connectivity index (χ0n) is 9.04. The van der Waals surface area contributed by atoms with Gasteiger partial charge in [-0.2, -0.15) is 5.10 Å². The molecule has 0 aliphatic carbocycles. The van der Waals surface area contributed by atoms with Crippen LogP contribution in [0, 0.1) is 0 Å². The first kappa shape index (κ1) is 11.8. The molecule has 2 aromatic heterocycles. The van der Waals surface area contributed by atoms with E-state index >= 15 is 0 Å². The Morgan fingerprint density at radius 1 is 1.41 bits per heavy atom. The van der Waals surface area contributed by atoms with Gasteiger partial charge in [-0.15, -0.1) is 0 Å². The van der Waals surface area contributed by atoms with Crippen molar-refractivity contribution in [3.63, 3.8) is 0 Å². The Morgan fingerprint density at radius 3 is 2.94 bits per heavy atom. The van der Waals surface area contributed by atoms with Gasteiger partial charge < -0.3 is 10.8 Å². The number of aliphatic hydroxyl groups is 1. The molecular weight excluding hydrogens is 242 g/mol. The van der Waals surface area contributed by atoms with Crippen molar-refractivity contribution in [2.24, 2.45) is 0 Å². The third-order valence-electron chi connectivity index (χ3n) is 2.20. The molecule has 90 valence electrons. The van der Waals surface area contributed by atoms with Gasteiger partial charge in [-0.05, 0) is 5.56 Å². The molecule has 7 heteroatoms. The Labute approximate surface area is 103 Å². The van der Waals surface area contributed by atoms with Crippen LogP contribution in [-0.4, -0.2) is 31.5 Å². The minimum Gasteiger partial charge on any atom is -0.394 e. The Balaban J connectivity index is 2.11. The summed E-state index contributed by atoms with van der Waals surface area (Å²) in [6.45, 7) is 0.537. The fourth-order valence-electron chi connectivity index (χ4n) is 1.41. The average molecular weight is 254 g/mol. The van der Waals surface area contributed by atoms with Crippen LogP contribution in [0.5, 0.6) is 0 Å². The van der Waals surface area contributed by atoms with Crippen LogP contribution in [0.15, 0.2) is 18.6 Å². The zero-order chi connectivity index (χ0) is 12.3. The Bertz CT molecular complexity index is 513. The smallest absolute Gasteiger partial charge is 0.145 e. The van der Waals surface area contributed by atoms with E-state index in [9.17, 15) is 0 Å². The first-order valence-corrected chi connectivity index (χ1v) is 5.46. The Kier molecular flexibility index (Phi) is 3.55. The van der Waals surface area contributed by atoms with Gasteiger partial charge in [0.05, 0.1) is 25.5 Å². The van der Waals surface area contributed by atoms with Crippen molar-refractivity contribution >= 4 is 17.4 Å². The van der Waals surface area contributed by atoms with E-state index in [1.807, 2.05) is 6.20 Å². The van der Waals surface area contributed by atoms with Gasteiger partial charge in [0.25, 0.3) is 0 Å². The van der Waals surface area contributed by atoms with Crippen molar-refractivity contribution < 1.29 is 5.11 Å². The van der Waals surface area contributed by atoms with Gasteiger partial charge in [0.15, 0.2) is 0 Å². The van der Waals surface area contributed by atoms with Crippen LogP contribution < -0.4 is 5.73 Å². The summed E-state index contributed by atoms with van der Waals surface area (Å²) in [5.74, 6) is 0.870. The zero-order valence-corrected chi connectivity index (χ0v) is 9.80. The maximum atomic E-state index is 8.77. The average Bonchev–Trinajstić information content (AvgIpc) is 2.72. The lowest BCUT2D eigenvalue weighted by Gasteiger charge is -2.00. The third kappa shape index (κ3) is 2.92. The molecule has 17 heavy (non-hydrogen) atoms. The second kappa shape index (κ2) is 5.11. The Morgan fingerprint density at radius 2 is 2.24 bits per heavy atom. The van der Waals surface area contributed by atoms with Gasteiger partial charge in [0, 0.05) is 12.6 Å². The molecular formula is C10H12ClN5O. The lowest BCUT2D eigenvalue weighted by molar-refractivity contribution is 0.269. The van der Waals surface area contributed by atoms with Gasteiger partial charge in [0.1, 0.15) is 16.7 Å². The predicted molar refractivity (Wildman–Crippen MR) is 63.6 cm³/mol. The molecule has 2 rings (SSSR count). The van der Waals surface area contributed by atoms with E-state index in [0.29, 0.717) is 23.8 Å². The summed E-state index contributed by atoms with van der Waals surface area (Å²) < 4.78 is 1.66. The number of hydrogen-bond donors (Lipinski definition) is 2. The molecule has 0 aliphatic rings. The van der Waals surface area contributed by atoms with E-state index in [1.54, 1.807) is 10.9 Å². The van der Waals surface area contributed by atoms with E-state index in [0.717, 1.165) is 5.56 Å². The van der Waals surface area contributed by atoms with E-state index in [1.165, 1.54) is 6.20 Å². The normalized spacial score (nSPS) is 10.7. The molecule has 0 radical (unpaired) electrons. The second-order valence-electron chi connectivity index (χ2n) is 3.53. The van der Waals surface area contributed by atoms with E-state index in [2.05, 4.69) is 15.1 Å². The van der Waals surface area contributed by atoms with Crippen molar-refractivity contribution in [2.45, 2.75) is 13.0 Å². The van der Waals surface area contributed by atoms with Gasteiger partial charge >= 0.3 is 0 Å². The molecule has 0 fully saturated rings. The number of anilines is 1. The van der Waals surface area contributed by atoms with Crippen molar-refractivity contribution in [2.75, 3.05) is 12.3 Å². The fourth-order valence-corrected chi connectivity index (χ4v) is 1.50. The van der Waals surface area contributed by atoms with Gasteiger partial charge in [-0.3, -0.25) is 4.68 Å². The molecule has 0 saturated carbocycles. The molecule has 0 saturated heterocycles. The highest BCUT2D eigenvalue weighted by molar-refractivity contribution is 6.32. The van der Waals surface area contributed by atoms with Crippen molar-refractivity contribution in [3.8, 4) is 0 Å². The predicted octanol–water partition coefficient (Wildman–Crippen LogP) is 0.492. The van der Waals surface area contributed by atoms with E-state index in [-0.39, 0.29) is 12.4 Å². The van der Waals surface area contributed by atoms with Gasteiger partial charge in [-0.1, -0.05) is 11.6 Å². The number of aromatic nitrogens is 4. The monoisotopic (exact) mass is 253 g/mol. The quantitative estimate of drug-likeness (QED) is 0.828. The molecule has 3 N–H and O–H groups in total. The number of halogens is 1. The number of hydrogen-bond acceptors (Lipinski definition) is 5. The molecule has 0 spiro atoms. The van der Waals surface area contributed by atoms with Gasteiger partial charge in [0.2, 0.25) is 0 Å². The minimum atomic E-state index is 0.0610. The Hall–Kier alpha value is -1.66. The standard InChI is InChI=1S/C10H12ClN5O/c11-8-5-13-9(15-10(8)12)3-7-4-14-16(6-7)1-2-17/h4-6,17H,1-3H2,(H2,12,13,15). The summed E-state index contributed by atoms with van der Waals surface area (Å²) in [7, 11) is 0. The largest absolute Gasteiger partial charge is 0.394 e. The summed E-state index contributed by atoms with van der Waals surface area (Å²) in [5, 5.41) is 13.2. The summed E-state index contributed by atoms with van der Waals surface area (Å²) in [6.07, 6.45) is 5.57. The van der Waals surface area contributed by atoms with Crippen LogP contribution in [0.1, 0.15) is 11.4 Å². The van der Waals surface area contributed by atoms with Crippen LogP contribution in [0.4, 0.5) is 5.82 Å². The SMILES string of the molecule is Nc1nc(Cc2cnn(CCO)c2)ncc1Cl. The number of aliphatic hydroxyl groups excluding tert-OH is 1. The molecule has 0 bridgehead atoms. The third-order valence-corrected chi connectivity index (χ3v) is 2.49. The number of nitrogen functional groups attached to an aromatic ring is 1. The molecule has 0 amide bonds. The molecule has 0 atom stereocenters. The van der Waals surface area contributed by atoms with Crippen molar-refractivity contribution in [1.29, 1.82) is 0 Å². The highest BCUT2D eigenvalue weighted by Crippen LogP contribution is 2.14. The van der Waals surface area contributed by atoms with Crippen LogP contribution in [0.25, 0.3) is 0 Å². The van der Waals surface area contributed by atoms with Crippen LogP contribution in [-0.2, 0) is 13.0 Å². The maximum Gasteiger partial charge on any atom is 0.145 e. The summed E-state index contributed by atoms with van der Waals surface area (Å²) in [6, 6.07) is 0. The molecule has 0 unspecified atom stereocenters. The first-order chi connectivity index (χ1) is 8.19. The number of nitrogens with two attached hydrogens (primary N) is 1. The second-order valence-corrected chi connectivity index (χ2v) is 3.94. The molecule has 2 heterocycles. The molecule has 0 aliphatic heterocycles. The topological polar surface area (TPSA) is 89.8 Å². The summed E-state index contributed by atoms with van der Waals surface area (Å²) in [5.41, 5.74) is 6.55. The molecule has 6 nitrogen and oxygen atoms in total. The summed E-state index contributed by atoms with van der Waals surface area (Å²) in [4.78, 5) is 8.15. The first-order valence-electron chi connectivity index (χ1n) is 5.08. The fraction of sp³-hybridized carbons (Fsp3) is 0.300. The summed E-state index contributed by atoms with van der Waals surface area (Å²) >= 11 is 5.73. The number of rotatable bonds is 4. The highest BCUT2D eigenvalue weighted by Gasteiger charge is 2.05.